The van der Waals surface area contributed by atoms with E-state index in [1.807, 2.05) is 13.8 Å². The molecular weight excluding hydrogens is 148 g/mol. The van der Waals surface area contributed by atoms with Crippen LogP contribution >= 0.6 is 11.6 Å². The van der Waals surface area contributed by atoms with Gasteiger partial charge < -0.3 is 5.11 Å². The van der Waals surface area contributed by atoms with Crippen molar-refractivity contribution in [3.63, 3.8) is 0 Å². The van der Waals surface area contributed by atoms with Crippen LogP contribution in [0.2, 0.25) is 0 Å². The van der Waals surface area contributed by atoms with Crippen LogP contribution in [0.1, 0.15) is 20.8 Å². The highest BCUT2D eigenvalue weighted by Gasteiger charge is 2.08. The number of aliphatic hydroxyl groups is 1. The molecule has 0 saturated carbocycles. The van der Waals surface area contributed by atoms with Gasteiger partial charge in [-0.05, 0) is 12.8 Å². The molecule has 1 N–H and O–H groups in total. The third kappa shape index (κ3) is 2.44. The summed E-state index contributed by atoms with van der Waals surface area (Å²) < 4.78 is 0. The van der Waals surface area contributed by atoms with Crippen LogP contribution in [-0.2, 0) is 0 Å². The lowest BCUT2D eigenvalue weighted by atomic mass is 10.0. The van der Waals surface area contributed by atoms with E-state index in [0.717, 1.165) is 5.57 Å². The molecule has 0 aromatic rings. The molecule has 0 aliphatic rings. The van der Waals surface area contributed by atoms with E-state index in [1.54, 1.807) is 6.92 Å². The Morgan fingerprint density at radius 3 is 1.90 bits per heavy atom. The van der Waals surface area contributed by atoms with Crippen LogP contribution in [0.3, 0.4) is 0 Å². The molecule has 0 aliphatic carbocycles. The average Bonchev–Trinajstić information content (AvgIpc) is 1.59. The maximum Gasteiger partial charge on any atom is 0.113 e. The van der Waals surface area contributed by atoms with Crippen LogP contribution in [0.5, 0.6) is 0 Å². The minimum Gasteiger partial charge on any atom is -0.508 e. The molecule has 0 fully saturated rings. The predicted octanol–water partition coefficient (Wildman–Crippen LogP) is 3.23. The Bertz CT molecular complexity index is 164. The van der Waals surface area contributed by atoms with E-state index in [4.69, 9.17) is 16.7 Å². The Morgan fingerprint density at radius 2 is 1.90 bits per heavy atom. The molecule has 1 nitrogen and oxygen atoms in total. The summed E-state index contributed by atoms with van der Waals surface area (Å²) in [4.78, 5) is 0. The maximum atomic E-state index is 9.02. The van der Waals surface area contributed by atoms with E-state index in [1.165, 1.54) is 0 Å². The van der Waals surface area contributed by atoms with Crippen LogP contribution in [0.15, 0.2) is 22.9 Å². The van der Waals surface area contributed by atoms with Gasteiger partial charge in [0.25, 0.3) is 0 Å². The van der Waals surface area contributed by atoms with Crippen molar-refractivity contribution in [2.45, 2.75) is 20.8 Å². The monoisotopic (exact) mass is 160 g/mol. The van der Waals surface area contributed by atoms with Crippen molar-refractivity contribution in [3.8, 4) is 0 Å². The molecule has 0 bridgehead atoms. The summed E-state index contributed by atoms with van der Waals surface area (Å²) >= 11 is 5.69. The summed E-state index contributed by atoms with van der Waals surface area (Å²) in [6.45, 7) is 9.08. The van der Waals surface area contributed by atoms with Gasteiger partial charge in [0.2, 0.25) is 0 Å². The highest BCUT2D eigenvalue weighted by molar-refractivity contribution is 6.29. The fourth-order valence-electron chi connectivity index (χ4n) is 0.930. The number of aliphatic hydroxyl groups excluding tert-OH is 1. The van der Waals surface area contributed by atoms with Crippen molar-refractivity contribution < 1.29 is 5.11 Å². The first kappa shape index (κ1) is 9.57. The van der Waals surface area contributed by atoms with Crippen molar-refractivity contribution in [3.05, 3.63) is 22.9 Å². The molecule has 0 aliphatic heterocycles. The molecule has 0 saturated heterocycles. The minimum absolute atomic E-state index is 0.0718. The summed E-state index contributed by atoms with van der Waals surface area (Å²) in [7, 11) is 0. The standard InChI is InChI=1S/C8H13ClO/c1-5(2)8(6(3)9)7(4)10/h5,10H,4H2,1-3H3/b8-6+. The van der Waals surface area contributed by atoms with Gasteiger partial charge in [-0.3, -0.25) is 0 Å². The van der Waals surface area contributed by atoms with Gasteiger partial charge in [-0.2, -0.15) is 0 Å². The Morgan fingerprint density at radius 1 is 1.50 bits per heavy atom. The second-order valence-electron chi connectivity index (χ2n) is 2.55. The molecule has 2 heteroatoms. The summed E-state index contributed by atoms with van der Waals surface area (Å²) in [5, 5.41) is 9.63. The summed E-state index contributed by atoms with van der Waals surface area (Å²) in [5.74, 6) is 0.303. The Balaban J connectivity index is 4.61. The van der Waals surface area contributed by atoms with Gasteiger partial charge in [0.15, 0.2) is 0 Å². The number of hydrogen-bond acceptors (Lipinski definition) is 1. The zero-order valence-electron chi connectivity index (χ0n) is 6.61. The first-order valence-electron chi connectivity index (χ1n) is 3.21. The fourth-order valence-corrected chi connectivity index (χ4v) is 1.26. The van der Waals surface area contributed by atoms with Crippen molar-refractivity contribution in [1.82, 2.24) is 0 Å². The van der Waals surface area contributed by atoms with E-state index in [0.29, 0.717) is 5.03 Å². The van der Waals surface area contributed by atoms with E-state index < -0.39 is 0 Å². The van der Waals surface area contributed by atoms with Gasteiger partial charge in [0.05, 0.1) is 0 Å². The van der Waals surface area contributed by atoms with Gasteiger partial charge in [0, 0.05) is 10.6 Å². The van der Waals surface area contributed by atoms with Crippen LogP contribution in [0.4, 0.5) is 0 Å². The average molecular weight is 161 g/mol. The van der Waals surface area contributed by atoms with E-state index in [2.05, 4.69) is 6.58 Å². The lowest BCUT2D eigenvalue weighted by Gasteiger charge is -2.09. The SMILES string of the molecule is C=C(O)/C(=C(\C)Cl)C(C)C. The number of hydrogen-bond donors (Lipinski definition) is 1. The predicted molar refractivity (Wildman–Crippen MR) is 45.2 cm³/mol. The molecule has 0 radical (unpaired) electrons. The second-order valence-corrected chi connectivity index (χ2v) is 3.12. The van der Waals surface area contributed by atoms with E-state index in [-0.39, 0.29) is 11.7 Å². The second kappa shape index (κ2) is 3.67. The lowest BCUT2D eigenvalue weighted by Crippen LogP contribution is -1.97. The third-order valence-corrected chi connectivity index (χ3v) is 1.46. The molecule has 0 heterocycles. The number of allylic oxidation sites excluding steroid dienone is 2. The molecule has 0 unspecified atom stereocenters. The molecule has 10 heavy (non-hydrogen) atoms. The van der Waals surface area contributed by atoms with Crippen molar-refractivity contribution in [2.24, 2.45) is 5.92 Å². The van der Waals surface area contributed by atoms with Crippen LogP contribution in [-0.4, -0.2) is 5.11 Å². The topological polar surface area (TPSA) is 20.2 Å². The van der Waals surface area contributed by atoms with Gasteiger partial charge in [-0.1, -0.05) is 32.0 Å². The first-order valence-corrected chi connectivity index (χ1v) is 3.59. The fraction of sp³-hybridized carbons (Fsp3) is 0.500. The summed E-state index contributed by atoms with van der Waals surface area (Å²) in [6.07, 6.45) is 0. The van der Waals surface area contributed by atoms with Gasteiger partial charge >= 0.3 is 0 Å². The van der Waals surface area contributed by atoms with Crippen LogP contribution < -0.4 is 0 Å². The minimum atomic E-state index is 0.0718. The molecule has 0 aromatic heterocycles. The highest BCUT2D eigenvalue weighted by Crippen LogP contribution is 2.22. The molecule has 58 valence electrons. The Kier molecular flexibility index (Phi) is 3.51. The van der Waals surface area contributed by atoms with Crippen molar-refractivity contribution >= 4 is 11.6 Å². The molecular formula is C8H13ClO. The zero-order valence-corrected chi connectivity index (χ0v) is 7.37. The maximum absolute atomic E-state index is 9.02. The first-order chi connectivity index (χ1) is 4.46. The number of halogens is 1. The molecule has 0 atom stereocenters. The molecule has 0 amide bonds. The quantitative estimate of drug-likeness (QED) is 0.486. The van der Waals surface area contributed by atoms with E-state index in [9.17, 15) is 0 Å². The Hall–Kier alpha value is -0.430. The van der Waals surface area contributed by atoms with Crippen molar-refractivity contribution in [1.29, 1.82) is 0 Å². The van der Waals surface area contributed by atoms with Crippen LogP contribution in [0.25, 0.3) is 0 Å². The lowest BCUT2D eigenvalue weighted by molar-refractivity contribution is 0.413. The van der Waals surface area contributed by atoms with E-state index >= 15 is 0 Å². The largest absolute Gasteiger partial charge is 0.508 e. The zero-order chi connectivity index (χ0) is 8.31. The smallest absolute Gasteiger partial charge is 0.113 e. The summed E-state index contributed by atoms with van der Waals surface area (Å²) in [5.41, 5.74) is 0.738. The van der Waals surface area contributed by atoms with Gasteiger partial charge in [-0.15, -0.1) is 0 Å². The normalized spacial score (nSPS) is 13.3. The summed E-state index contributed by atoms with van der Waals surface area (Å²) in [6, 6.07) is 0. The Labute approximate surface area is 67.0 Å². The van der Waals surface area contributed by atoms with Crippen molar-refractivity contribution in [2.75, 3.05) is 0 Å². The van der Waals surface area contributed by atoms with Crippen LogP contribution in [0, 0.1) is 5.92 Å². The molecule has 0 spiro atoms. The molecule has 0 rings (SSSR count). The number of rotatable bonds is 2. The highest BCUT2D eigenvalue weighted by atomic mass is 35.5. The molecule has 0 aromatic carbocycles. The third-order valence-electron chi connectivity index (χ3n) is 1.26. The van der Waals surface area contributed by atoms with Gasteiger partial charge in [0.1, 0.15) is 5.76 Å². The van der Waals surface area contributed by atoms with Gasteiger partial charge in [-0.25, -0.2) is 0 Å².